The topological polar surface area (TPSA) is 75.6 Å². The molecule has 0 aliphatic rings. The van der Waals surface area contributed by atoms with Crippen molar-refractivity contribution in [2.45, 2.75) is 0 Å². The third-order valence-electron chi connectivity index (χ3n) is 2.33. The predicted octanol–water partition coefficient (Wildman–Crippen LogP) is 3.00. The van der Waals surface area contributed by atoms with E-state index in [0.29, 0.717) is 11.4 Å². The van der Waals surface area contributed by atoms with E-state index < -0.39 is 12.1 Å². The van der Waals surface area contributed by atoms with E-state index in [0.717, 1.165) is 0 Å². The van der Waals surface area contributed by atoms with Gasteiger partial charge in [-0.15, -0.1) is 0 Å². The van der Waals surface area contributed by atoms with Crippen molar-refractivity contribution in [2.24, 2.45) is 0 Å². The molecule has 0 unspecified atom stereocenters. The van der Waals surface area contributed by atoms with Crippen LogP contribution in [-0.2, 0) is 0 Å². The number of ether oxygens (including phenoxy) is 1. The largest absolute Gasteiger partial charge is 0.478 e. The monoisotopic (exact) mass is 257 g/mol. The molecule has 0 bridgehead atoms. The number of anilines is 1. The number of amides is 1. The van der Waals surface area contributed by atoms with Gasteiger partial charge in [-0.25, -0.2) is 9.59 Å². The van der Waals surface area contributed by atoms with Crippen LogP contribution >= 0.6 is 0 Å². The fraction of sp³-hybridized carbons (Fsp3) is 0. The summed E-state index contributed by atoms with van der Waals surface area (Å²) in [5.41, 5.74) is 0.618. The van der Waals surface area contributed by atoms with Gasteiger partial charge in [0.05, 0.1) is 5.56 Å². The first-order chi connectivity index (χ1) is 9.15. The number of carbonyl (C=O) groups is 2. The Morgan fingerprint density at radius 1 is 0.947 bits per heavy atom. The van der Waals surface area contributed by atoms with Gasteiger partial charge in [-0.05, 0) is 36.4 Å². The van der Waals surface area contributed by atoms with Crippen LogP contribution in [0.15, 0.2) is 54.6 Å². The van der Waals surface area contributed by atoms with Crippen LogP contribution in [0.4, 0.5) is 10.5 Å². The summed E-state index contributed by atoms with van der Waals surface area (Å²) >= 11 is 0. The average molecular weight is 257 g/mol. The number of carboxylic acids is 1. The van der Waals surface area contributed by atoms with Gasteiger partial charge in [0.25, 0.3) is 0 Å². The molecule has 0 radical (unpaired) electrons. The molecule has 0 aromatic heterocycles. The fourth-order valence-electron chi connectivity index (χ4n) is 1.44. The maximum absolute atomic E-state index is 11.6. The molecule has 5 heteroatoms. The molecule has 0 spiro atoms. The number of rotatable bonds is 3. The number of benzene rings is 2. The predicted molar refractivity (Wildman–Crippen MR) is 69.5 cm³/mol. The molecule has 0 fully saturated rings. The molecule has 0 atom stereocenters. The smallest absolute Gasteiger partial charge is 0.417 e. The van der Waals surface area contributed by atoms with E-state index in [1.54, 1.807) is 24.3 Å². The highest BCUT2D eigenvalue weighted by Crippen LogP contribution is 2.12. The lowest BCUT2D eigenvalue weighted by Crippen LogP contribution is -2.16. The lowest BCUT2D eigenvalue weighted by molar-refractivity contribution is 0.0697. The molecule has 0 saturated heterocycles. The van der Waals surface area contributed by atoms with Crippen molar-refractivity contribution in [3.63, 3.8) is 0 Å². The van der Waals surface area contributed by atoms with Crippen LogP contribution in [0.2, 0.25) is 0 Å². The van der Waals surface area contributed by atoms with Crippen LogP contribution in [0.1, 0.15) is 10.4 Å². The summed E-state index contributed by atoms with van der Waals surface area (Å²) < 4.78 is 5.03. The molecular weight excluding hydrogens is 246 g/mol. The number of hydrogen-bond donors (Lipinski definition) is 2. The highest BCUT2D eigenvalue weighted by atomic mass is 16.6. The van der Waals surface area contributed by atoms with Crippen molar-refractivity contribution in [3.05, 3.63) is 60.2 Å². The summed E-state index contributed by atoms with van der Waals surface area (Å²) in [5, 5.41) is 11.2. The van der Waals surface area contributed by atoms with Crippen molar-refractivity contribution in [3.8, 4) is 5.75 Å². The number of para-hydroxylation sites is 1. The molecule has 0 aliphatic carbocycles. The lowest BCUT2D eigenvalue weighted by atomic mass is 10.2. The zero-order valence-corrected chi connectivity index (χ0v) is 9.87. The Morgan fingerprint density at radius 3 is 2.16 bits per heavy atom. The van der Waals surface area contributed by atoms with E-state index >= 15 is 0 Å². The maximum Gasteiger partial charge on any atom is 0.417 e. The van der Waals surface area contributed by atoms with Gasteiger partial charge in [-0.2, -0.15) is 0 Å². The molecule has 96 valence electrons. The molecule has 1 amide bonds. The minimum atomic E-state index is -1.02. The summed E-state index contributed by atoms with van der Waals surface area (Å²) in [6.45, 7) is 0. The second-order valence-electron chi connectivity index (χ2n) is 3.71. The molecule has 0 aliphatic heterocycles. The van der Waals surface area contributed by atoms with Crippen LogP contribution in [0.5, 0.6) is 5.75 Å². The fourth-order valence-corrected chi connectivity index (χ4v) is 1.44. The van der Waals surface area contributed by atoms with Crippen molar-refractivity contribution in [2.75, 3.05) is 5.32 Å². The Kier molecular flexibility index (Phi) is 3.78. The zero-order valence-electron chi connectivity index (χ0n) is 9.87. The van der Waals surface area contributed by atoms with Crippen molar-refractivity contribution in [1.82, 2.24) is 0 Å². The molecule has 5 nitrogen and oxygen atoms in total. The van der Waals surface area contributed by atoms with E-state index in [4.69, 9.17) is 9.84 Å². The Morgan fingerprint density at radius 2 is 1.58 bits per heavy atom. The summed E-state index contributed by atoms with van der Waals surface area (Å²) in [7, 11) is 0. The Labute approximate surface area is 109 Å². The molecule has 19 heavy (non-hydrogen) atoms. The molecule has 0 saturated carbocycles. The Balaban J connectivity index is 1.97. The van der Waals surface area contributed by atoms with Crippen LogP contribution in [0.3, 0.4) is 0 Å². The maximum atomic E-state index is 11.6. The standard InChI is InChI=1S/C14H11NO4/c16-13(17)10-6-8-11(9-7-10)15-14(18)19-12-4-2-1-3-5-12/h1-9H,(H,15,18)(H,16,17). The van der Waals surface area contributed by atoms with Gasteiger partial charge in [0, 0.05) is 5.69 Å². The van der Waals surface area contributed by atoms with Crippen LogP contribution in [0, 0.1) is 0 Å². The number of nitrogens with one attached hydrogen (secondary N) is 1. The van der Waals surface area contributed by atoms with Crippen LogP contribution in [0.25, 0.3) is 0 Å². The third-order valence-corrected chi connectivity index (χ3v) is 2.33. The molecule has 2 rings (SSSR count). The molecule has 2 aromatic rings. The van der Waals surface area contributed by atoms with Crippen molar-refractivity contribution >= 4 is 17.7 Å². The van der Waals surface area contributed by atoms with Crippen molar-refractivity contribution < 1.29 is 19.4 Å². The average Bonchev–Trinajstić information content (AvgIpc) is 2.40. The third kappa shape index (κ3) is 3.57. The van der Waals surface area contributed by atoms with Gasteiger partial charge in [-0.1, -0.05) is 18.2 Å². The van der Waals surface area contributed by atoms with Gasteiger partial charge in [0.1, 0.15) is 5.75 Å². The number of carbonyl (C=O) groups excluding carboxylic acids is 1. The van der Waals surface area contributed by atoms with E-state index in [-0.39, 0.29) is 5.56 Å². The number of carboxylic acid groups (broad SMARTS) is 1. The van der Waals surface area contributed by atoms with E-state index in [1.165, 1.54) is 24.3 Å². The van der Waals surface area contributed by atoms with E-state index in [9.17, 15) is 9.59 Å². The minimum absolute atomic E-state index is 0.155. The van der Waals surface area contributed by atoms with Gasteiger partial charge < -0.3 is 9.84 Å². The summed E-state index contributed by atoms with van der Waals surface area (Å²) in [5.74, 6) is -0.583. The molecular formula is C14H11NO4. The molecule has 2 N–H and O–H groups in total. The summed E-state index contributed by atoms with van der Waals surface area (Å²) in [6.07, 6.45) is -0.630. The highest BCUT2D eigenvalue weighted by Gasteiger charge is 2.06. The van der Waals surface area contributed by atoms with Gasteiger partial charge in [0.2, 0.25) is 0 Å². The molecule has 0 heterocycles. The second kappa shape index (κ2) is 5.68. The highest BCUT2D eigenvalue weighted by molar-refractivity contribution is 5.90. The Hall–Kier alpha value is -2.82. The lowest BCUT2D eigenvalue weighted by Gasteiger charge is -2.06. The minimum Gasteiger partial charge on any atom is -0.478 e. The quantitative estimate of drug-likeness (QED) is 0.886. The van der Waals surface area contributed by atoms with Gasteiger partial charge in [-0.3, -0.25) is 5.32 Å². The summed E-state index contributed by atoms with van der Waals surface area (Å²) in [4.78, 5) is 22.2. The Bertz CT molecular complexity index is 578. The zero-order chi connectivity index (χ0) is 13.7. The van der Waals surface area contributed by atoms with Crippen LogP contribution in [-0.4, -0.2) is 17.2 Å². The number of hydrogen-bond acceptors (Lipinski definition) is 3. The van der Waals surface area contributed by atoms with Gasteiger partial charge >= 0.3 is 12.1 Å². The van der Waals surface area contributed by atoms with Gasteiger partial charge in [0.15, 0.2) is 0 Å². The normalized spacial score (nSPS) is 9.68. The van der Waals surface area contributed by atoms with E-state index in [2.05, 4.69) is 5.32 Å². The van der Waals surface area contributed by atoms with Crippen molar-refractivity contribution in [1.29, 1.82) is 0 Å². The number of aromatic carboxylic acids is 1. The molecule has 2 aromatic carbocycles. The second-order valence-corrected chi connectivity index (χ2v) is 3.71. The summed E-state index contributed by atoms with van der Waals surface area (Å²) in [6, 6.07) is 14.4. The van der Waals surface area contributed by atoms with E-state index in [1.807, 2.05) is 6.07 Å². The first kappa shape index (κ1) is 12.6. The van der Waals surface area contributed by atoms with Crippen LogP contribution < -0.4 is 10.1 Å². The first-order valence-electron chi connectivity index (χ1n) is 5.52. The first-order valence-corrected chi connectivity index (χ1v) is 5.52. The SMILES string of the molecule is O=C(Nc1ccc(C(=O)O)cc1)Oc1ccccc1.